The number of benzene rings is 2. The number of ether oxygens (including phenoxy) is 1. The zero-order valence-electron chi connectivity index (χ0n) is 14.7. The number of amides is 1. The highest BCUT2D eigenvalue weighted by Crippen LogP contribution is 2.28. The van der Waals surface area contributed by atoms with Crippen LogP contribution in [0.15, 0.2) is 48.7 Å². The molecule has 0 saturated carbocycles. The summed E-state index contributed by atoms with van der Waals surface area (Å²) in [6.45, 7) is 1.46. The summed E-state index contributed by atoms with van der Waals surface area (Å²) >= 11 is 6.12. The van der Waals surface area contributed by atoms with Gasteiger partial charge in [-0.3, -0.25) is 4.79 Å². The molecule has 0 fully saturated rings. The quantitative estimate of drug-likeness (QED) is 0.590. The minimum absolute atomic E-state index is 0.138. The summed E-state index contributed by atoms with van der Waals surface area (Å²) < 4.78 is 5.13. The number of nitrogens with zero attached hydrogens (tertiary/aromatic N) is 3. The molecule has 3 rings (SSSR count). The number of carbonyl (C=O) groups is 1. The van der Waals surface area contributed by atoms with Crippen molar-refractivity contribution < 1.29 is 9.53 Å². The Labute approximate surface area is 160 Å². The van der Waals surface area contributed by atoms with Gasteiger partial charge in [-0.2, -0.15) is 10.1 Å². The van der Waals surface area contributed by atoms with Crippen molar-refractivity contribution in [1.82, 2.24) is 15.2 Å². The van der Waals surface area contributed by atoms with E-state index < -0.39 is 0 Å². The fourth-order valence-electron chi connectivity index (χ4n) is 2.32. The Morgan fingerprint density at radius 2 is 1.85 bits per heavy atom. The van der Waals surface area contributed by atoms with Crippen LogP contribution in [0.25, 0.3) is 0 Å². The largest absolute Gasteiger partial charge is 0.495 e. The third-order valence-corrected chi connectivity index (χ3v) is 3.72. The molecule has 0 unspecified atom stereocenters. The zero-order valence-corrected chi connectivity index (χ0v) is 15.4. The minimum atomic E-state index is -0.138. The topological polar surface area (TPSA) is 101 Å². The molecule has 138 valence electrons. The van der Waals surface area contributed by atoms with Crippen LogP contribution in [0.1, 0.15) is 6.92 Å². The van der Waals surface area contributed by atoms with Gasteiger partial charge in [0.2, 0.25) is 11.9 Å². The van der Waals surface area contributed by atoms with Crippen molar-refractivity contribution in [2.24, 2.45) is 0 Å². The summed E-state index contributed by atoms with van der Waals surface area (Å²) in [6.07, 6.45) is 1.50. The predicted molar refractivity (Wildman–Crippen MR) is 105 cm³/mol. The molecular formula is C18H17ClN6O2. The van der Waals surface area contributed by atoms with Crippen LogP contribution in [-0.2, 0) is 4.79 Å². The third-order valence-electron chi connectivity index (χ3n) is 3.42. The summed E-state index contributed by atoms with van der Waals surface area (Å²) in [4.78, 5) is 15.5. The Hall–Kier alpha value is -3.39. The van der Waals surface area contributed by atoms with E-state index in [1.807, 2.05) is 12.1 Å². The van der Waals surface area contributed by atoms with Crippen molar-refractivity contribution in [2.45, 2.75) is 6.92 Å². The number of rotatable bonds is 6. The molecule has 1 amide bonds. The molecule has 0 bridgehead atoms. The van der Waals surface area contributed by atoms with Gasteiger partial charge in [0.1, 0.15) is 5.75 Å². The number of methoxy groups -OCH3 is 1. The molecule has 0 spiro atoms. The molecule has 0 aliphatic rings. The molecule has 27 heavy (non-hydrogen) atoms. The van der Waals surface area contributed by atoms with Gasteiger partial charge in [-0.15, -0.1) is 5.10 Å². The van der Waals surface area contributed by atoms with E-state index >= 15 is 0 Å². The average Bonchev–Trinajstić information content (AvgIpc) is 2.62. The van der Waals surface area contributed by atoms with E-state index in [2.05, 4.69) is 31.1 Å². The fourth-order valence-corrected chi connectivity index (χ4v) is 2.57. The Morgan fingerprint density at radius 1 is 1.07 bits per heavy atom. The first-order valence-corrected chi connectivity index (χ1v) is 8.36. The Bertz CT molecular complexity index is 966. The van der Waals surface area contributed by atoms with Gasteiger partial charge in [-0.05, 0) is 36.4 Å². The number of aromatic nitrogens is 3. The monoisotopic (exact) mass is 384 g/mol. The lowest BCUT2D eigenvalue weighted by atomic mass is 10.2. The summed E-state index contributed by atoms with van der Waals surface area (Å²) in [7, 11) is 1.55. The number of hydrogen-bond acceptors (Lipinski definition) is 7. The van der Waals surface area contributed by atoms with E-state index in [1.54, 1.807) is 37.4 Å². The Morgan fingerprint density at radius 3 is 2.59 bits per heavy atom. The normalized spacial score (nSPS) is 10.2. The molecule has 9 heteroatoms. The van der Waals surface area contributed by atoms with E-state index in [1.165, 1.54) is 13.1 Å². The molecule has 3 aromatic rings. The highest BCUT2D eigenvalue weighted by Gasteiger charge is 2.06. The molecule has 0 atom stereocenters. The SMILES string of the molecule is COc1ccc(Nc2nncc(Nc3cccc(NC(C)=O)c3)n2)cc1Cl. The van der Waals surface area contributed by atoms with Crippen LogP contribution < -0.4 is 20.7 Å². The molecule has 0 aliphatic carbocycles. The van der Waals surface area contributed by atoms with Gasteiger partial charge >= 0.3 is 0 Å². The maximum Gasteiger partial charge on any atom is 0.249 e. The van der Waals surface area contributed by atoms with Gasteiger partial charge in [-0.25, -0.2) is 0 Å². The molecule has 0 radical (unpaired) electrons. The summed E-state index contributed by atoms with van der Waals surface area (Å²) in [5, 5.41) is 17.3. The number of halogens is 1. The van der Waals surface area contributed by atoms with E-state index in [0.717, 1.165) is 5.69 Å². The number of nitrogens with one attached hydrogen (secondary N) is 3. The standard InChI is InChI=1S/C18H17ClN6O2/c1-11(26)21-12-4-3-5-13(8-12)22-17-10-20-25-18(24-17)23-14-6-7-16(27-2)15(19)9-14/h3-10H,1-2H3,(H,21,26)(H2,22,23,24,25). The smallest absolute Gasteiger partial charge is 0.249 e. The maximum absolute atomic E-state index is 11.2. The first-order valence-electron chi connectivity index (χ1n) is 7.98. The first kappa shape index (κ1) is 18.4. The van der Waals surface area contributed by atoms with E-state index in [4.69, 9.17) is 16.3 Å². The fraction of sp³-hybridized carbons (Fsp3) is 0.111. The lowest BCUT2D eigenvalue weighted by Crippen LogP contribution is -2.06. The van der Waals surface area contributed by atoms with Gasteiger partial charge in [0.05, 0.1) is 18.3 Å². The second-order valence-corrected chi connectivity index (χ2v) is 5.93. The Balaban J connectivity index is 1.74. The highest BCUT2D eigenvalue weighted by atomic mass is 35.5. The van der Waals surface area contributed by atoms with Crippen LogP contribution in [0.4, 0.5) is 28.8 Å². The zero-order chi connectivity index (χ0) is 19.2. The summed E-state index contributed by atoms with van der Waals surface area (Å²) in [6, 6.07) is 12.5. The second kappa shape index (κ2) is 8.33. The Kier molecular flexibility index (Phi) is 5.68. The van der Waals surface area contributed by atoms with Gasteiger partial charge in [0.25, 0.3) is 0 Å². The number of carbonyl (C=O) groups excluding carboxylic acids is 1. The molecule has 3 N–H and O–H groups in total. The molecule has 2 aromatic carbocycles. The number of hydrogen-bond donors (Lipinski definition) is 3. The molecule has 1 heterocycles. The second-order valence-electron chi connectivity index (χ2n) is 5.53. The molecule has 1 aromatic heterocycles. The molecule has 8 nitrogen and oxygen atoms in total. The van der Waals surface area contributed by atoms with Crippen LogP contribution in [0, 0.1) is 0 Å². The molecule has 0 aliphatic heterocycles. The van der Waals surface area contributed by atoms with Gasteiger partial charge < -0.3 is 20.7 Å². The van der Waals surface area contributed by atoms with Crippen LogP contribution in [0.2, 0.25) is 5.02 Å². The van der Waals surface area contributed by atoms with Crippen molar-refractivity contribution in [2.75, 3.05) is 23.1 Å². The minimum Gasteiger partial charge on any atom is -0.495 e. The lowest BCUT2D eigenvalue weighted by Gasteiger charge is -2.10. The van der Waals surface area contributed by atoms with Crippen LogP contribution in [0.3, 0.4) is 0 Å². The lowest BCUT2D eigenvalue weighted by molar-refractivity contribution is -0.114. The third kappa shape index (κ3) is 5.05. The molecular weight excluding hydrogens is 368 g/mol. The van der Waals surface area contributed by atoms with Crippen molar-refractivity contribution in [3.63, 3.8) is 0 Å². The van der Waals surface area contributed by atoms with Gasteiger partial charge in [0, 0.05) is 24.0 Å². The van der Waals surface area contributed by atoms with E-state index in [9.17, 15) is 4.79 Å². The molecule has 0 saturated heterocycles. The van der Waals surface area contributed by atoms with Crippen molar-refractivity contribution >= 4 is 46.3 Å². The van der Waals surface area contributed by atoms with Crippen molar-refractivity contribution in [1.29, 1.82) is 0 Å². The first-order chi connectivity index (χ1) is 13.0. The summed E-state index contributed by atoms with van der Waals surface area (Å²) in [5.41, 5.74) is 2.13. The highest BCUT2D eigenvalue weighted by molar-refractivity contribution is 6.32. The van der Waals surface area contributed by atoms with Gasteiger partial charge in [0.15, 0.2) is 5.82 Å². The van der Waals surface area contributed by atoms with E-state index in [-0.39, 0.29) is 5.91 Å². The van der Waals surface area contributed by atoms with Gasteiger partial charge in [-0.1, -0.05) is 17.7 Å². The maximum atomic E-state index is 11.2. The number of anilines is 5. The summed E-state index contributed by atoms with van der Waals surface area (Å²) in [5.74, 6) is 1.24. The van der Waals surface area contributed by atoms with Crippen molar-refractivity contribution in [3.8, 4) is 5.75 Å². The average molecular weight is 385 g/mol. The van der Waals surface area contributed by atoms with Crippen LogP contribution in [0.5, 0.6) is 5.75 Å². The predicted octanol–water partition coefficient (Wildman–Crippen LogP) is 3.98. The van der Waals surface area contributed by atoms with Crippen LogP contribution >= 0.6 is 11.6 Å². The van der Waals surface area contributed by atoms with Crippen molar-refractivity contribution in [3.05, 3.63) is 53.7 Å². The van der Waals surface area contributed by atoms with Crippen LogP contribution in [-0.4, -0.2) is 28.2 Å². The van der Waals surface area contributed by atoms with E-state index in [0.29, 0.717) is 33.9 Å².